The average molecular weight is 496 g/mol. The maximum absolute atomic E-state index is 13.3. The van der Waals surface area contributed by atoms with Gasteiger partial charge in [0.05, 0.1) is 4.88 Å². The maximum Gasteiger partial charge on any atom is 0.300 e. The van der Waals surface area contributed by atoms with Crippen molar-refractivity contribution in [2.75, 3.05) is 12.4 Å². The number of ether oxygens (including phenoxy) is 1. The second-order valence-electron chi connectivity index (χ2n) is 7.00. The van der Waals surface area contributed by atoms with Crippen molar-refractivity contribution in [1.82, 2.24) is 20.3 Å². The Kier molecular flexibility index (Phi) is 5.83. The summed E-state index contributed by atoms with van der Waals surface area (Å²) in [5.74, 6) is 0.671. The molecule has 5 aromatic rings. The molecule has 0 fully saturated rings. The van der Waals surface area contributed by atoms with E-state index in [9.17, 15) is 9.18 Å². The van der Waals surface area contributed by atoms with E-state index in [1.807, 2.05) is 0 Å². The molecule has 170 valence electrons. The lowest BCUT2D eigenvalue weighted by molar-refractivity contribution is 0.0958. The van der Waals surface area contributed by atoms with Crippen LogP contribution in [0.4, 0.5) is 16.1 Å². The maximum atomic E-state index is 13.3. The number of fused-ring (bicyclic) bond motifs is 1. The predicted molar refractivity (Wildman–Crippen MR) is 128 cm³/mol. The number of benzene rings is 2. The number of carbonyl (C=O) groups is 1. The first-order valence-electron chi connectivity index (χ1n) is 9.93. The summed E-state index contributed by atoms with van der Waals surface area (Å²) in [6.07, 6.45) is 2.93. The third-order valence-electron chi connectivity index (χ3n) is 4.75. The highest BCUT2D eigenvalue weighted by Gasteiger charge is 2.13. The van der Waals surface area contributed by atoms with Gasteiger partial charge in [0.1, 0.15) is 22.7 Å². The van der Waals surface area contributed by atoms with Gasteiger partial charge in [0.25, 0.3) is 17.2 Å². The quantitative estimate of drug-likeness (QED) is 0.296. The molecule has 0 aliphatic heterocycles. The molecule has 0 aliphatic carbocycles. The van der Waals surface area contributed by atoms with Gasteiger partial charge >= 0.3 is 0 Å². The molecule has 3 aromatic heterocycles. The van der Waals surface area contributed by atoms with E-state index in [1.54, 1.807) is 48.5 Å². The standard InChI is InChI=1S/C23H15ClFN5O3S/c1-26-21(31)18-10-14(6-7-27-18)32-13-3-5-19-17(9-13)30-23(33-19)29-12-2-4-16(24)15(8-12)20-11-28-22(25)34-20/h2-11H,1H3,(H,26,31)(H,29,30). The second-order valence-corrected chi connectivity index (χ2v) is 8.39. The molecule has 1 amide bonds. The summed E-state index contributed by atoms with van der Waals surface area (Å²) in [6, 6.07) is 13.9. The fourth-order valence-corrected chi connectivity index (χ4v) is 4.13. The summed E-state index contributed by atoms with van der Waals surface area (Å²) in [6.45, 7) is 0. The van der Waals surface area contributed by atoms with Crippen LogP contribution in [0.2, 0.25) is 5.02 Å². The lowest BCUT2D eigenvalue weighted by atomic mass is 10.2. The van der Waals surface area contributed by atoms with Gasteiger partial charge in [-0.3, -0.25) is 9.78 Å². The zero-order chi connectivity index (χ0) is 23.7. The SMILES string of the molecule is CNC(=O)c1cc(Oc2ccc3oc(Nc4ccc(Cl)c(-c5cnc(F)s5)c4)nc3c2)ccn1. The normalized spacial score (nSPS) is 10.9. The molecular formula is C23H15ClFN5O3S. The van der Waals surface area contributed by atoms with Gasteiger partial charge in [-0.1, -0.05) is 22.9 Å². The topological polar surface area (TPSA) is 102 Å². The van der Waals surface area contributed by atoms with Gasteiger partial charge in [-0.25, -0.2) is 4.98 Å². The van der Waals surface area contributed by atoms with E-state index in [0.29, 0.717) is 43.7 Å². The van der Waals surface area contributed by atoms with E-state index >= 15 is 0 Å². The molecule has 0 saturated heterocycles. The number of oxazole rings is 1. The van der Waals surface area contributed by atoms with Crippen molar-refractivity contribution in [2.24, 2.45) is 0 Å². The van der Waals surface area contributed by atoms with Gasteiger partial charge in [0.15, 0.2) is 5.58 Å². The van der Waals surface area contributed by atoms with Crippen LogP contribution in [0.25, 0.3) is 21.5 Å². The minimum absolute atomic E-state index is 0.248. The number of hydrogen-bond acceptors (Lipinski definition) is 8. The van der Waals surface area contributed by atoms with Gasteiger partial charge in [-0.05, 0) is 36.4 Å². The van der Waals surface area contributed by atoms with Crippen LogP contribution in [0.15, 0.2) is 65.3 Å². The minimum Gasteiger partial charge on any atom is -0.457 e. The predicted octanol–water partition coefficient (Wildman–Crippen LogP) is 6.03. The number of nitrogens with one attached hydrogen (secondary N) is 2. The Morgan fingerprint density at radius 3 is 2.76 bits per heavy atom. The number of thiazole rings is 1. The first-order valence-corrected chi connectivity index (χ1v) is 11.1. The molecule has 11 heteroatoms. The summed E-state index contributed by atoms with van der Waals surface area (Å²) in [5.41, 5.74) is 2.68. The van der Waals surface area contributed by atoms with Crippen LogP contribution in [0.5, 0.6) is 11.5 Å². The molecular weight excluding hydrogens is 481 g/mol. The van der Waals surface area contributed by atoms with E-state index in [1.165, 1.54) is 19.4 Å². The number of halogens is 2. The Bertz CT molecular complexity index is 1520. The summed E-state index contributed by atoms with van der Waals surface area (Å²) >= 11 is 7.19. The van der Waals surface area contributed by atoms with E-state index in [0.717, 1.165) is 11.3 Å². The van der Waals surface area contributed by atoms with E-state index in [4.69, 9.17) is 20.8 Å². The summed E-state index contributed by atoms with van der Waals surface area (Å²) in [7, 11) is 1.53. The Morgan fingerprint density at radius 2 is 1.97 bits per heavy atom. The van der Waals surface area contributed by atoms with E-state index in [-0.39, 0.29) is 17.6 Å². The van der Waals surface area contributed by atoms with Gasteiger partial charge in [-0.2, -0.15) is 9.37 Å². The van der Waals surface area contributed by atoms with Gasteiger partial charge < -0.3 is 19.8 Å². The zero-order valence-electron chi connectivity index (χ0n) is 17.5. The number of anilines is 2. The Labute approximate surface area is 201 Å². The van der Waals surface area contributed by atoms with Crippen molar-refractivity contribution in [3.8, 4) is 21.9 Å². The highest BCUT2D eigenvalue weighted by atomic mass is 35.5. The van der Waals surface area contributed by atoms with Crippen LogP contribution in [0, 0.1) is 5.26 Å². The van der Waals surface area contributed by atoms with Crippen LogP contribution >= 0.6 is 22.9 Å². The number of hydrogen-bond donors (Lipinski definition) is 2. The molecule has 8 nitrogen and oxygen atoms in total. The molecule has 0 atom stereocenters. The summed E-state index contributed by atoms with van der Waals surface area (Å²) < 4.78 is 25.0. The lowest BCUT2D eigenvalue weighted by Gasteiger charge is -2.06. The fraction of sp³-hybridized carbons (Fsp3) is 0.0435. The molecule has 2 aromatic carbocycles. The smallest absolute Gasteiger partial charge is 0.300 e. The number of pyridine rings is 1. The third kappa shape index (κ3) is 4.54. The van der Waals surface area contributed by atoms with Crippen LogP contribution in [0.3, 0.4) is 0 Å². The molecule has 2 N–H and O–H groups in total. The van der Waals surface area contributed by atoms with Crippen LogP contribution in [-0.4, -0.2) is 27.9 Å². The summed E-state index contributed by atoms with van der Waals surface area (Å²) in [4.78, 5) is 24.5. The van der Waals surface area contributed by atoms with Crippen LogP contribution in [-0.2, 0) is 0 Å². The largest absolute Gasteiger partial charge is 0.457 e. The monoisotopic (exact) mass is 495 g/mol. The van der Waals surface area contributed by atoms with Crippen molar-refractivity contribution < 1.29 is 18.3 Å². The molecule has 0 unspecified atom stereocenters. The van der Waals surface area contributed by atoms with Gasteiger partial charge in [0, 0.05) is 47.8 Å². The molecule has 0 saturated carbocycles. The Morgan fingerprint density at radius 1 is 1.12 bits per heavy atom. The molecule has 0 radical (unpaired) electrons. The van der Waals surface area contributed by atoms with Gasteiger partial charge in [-0.15, -0.1) is 0 Å². The van der Waals surface area contributed by atoms with Crippen molar-refractivity contribution in [3.63, 3.8) is 0 Å². The molecule has 0 bridgehead atoms. The van der Waals surface area contributed by atoms with E-state index in [2.05, 4.69) is 25.6 Å². The van der Waals surface area contributed by atoms with Crippen molar-refractivity contribution in [2.45, 2.75) is 0 Å². The van der Waals surface area contributed by atoms with Crippen molar-refractivity contribution in [1.29, 1.82) is 0 Å². The highest BCUT2D eigenvalue weighted by molar-refractivity contribution is 7.13. The van der Waals surface area contributed by atoms with Crippen LogP contribution < -0.4 is 15.4 Å². The third-order valence-corrected chi connectivity index (χ3v) is 5.90. The van der Waals surface area contributed by atoms with Crippen LogP contribution in [0.1, 0.15) is 10.5 Å². The number of nitrogens with zero attached hydrogens (tertiary/aromatic N) is 3. The number of amides is 1. The first kappa shape index (κ1) is 21.8. The minimum atomic E-state index is -0.530. The number of carbonyl (C=O) groups excluding carboxylic acids is 1. The average Bonchev–Trinajstić information content (AvgIpc) is 3.45. The fourth-order valence-electron chi connectivity index (χ4n) is 3.18. The molecule has 5 rings (SSSR count). The molecule has 3 heterocycles. The van der Waals surface area contributed by atoms with Crippen molar-refractivity contribution >= 4 is 51.6 Å². The van der Waals surface area contributed by atoms with Gasteiger partial charge in [0.2, 0.25) is 0 Å². The van der Waals surface area contributed by atoms with Crippen molar-refractivity contribution in [3.05, 3.63) is 76.9 Å². The number of aromatic nitrogens is 3. The zero-order valence-corrected chi connectivity index (χ0v) is 19.1. The number of rotatable bonds is 6. The Balaban J connectivity index is 1.37. The highest BCUT2D eigenvalue weighted by Crippen LogP contribution is 2.35. The molecule has 0 spiro atoms. The molecule has 0 aliphatic rings. The molecule has 34 heavy (non-hydrogen) atoms. The first-order chi connectivity index (χ1) is 16.5. The van der Waals surface area contributed by atoms with E-state index < -0.39 is 5.26 Å². The Hall–Kier alpha value is -4.02. The second kappa shape index (κ2) is 9.08. The lowest BCUT2D eigenvalue weighted by Crippen LogP contribution is -2.18. The summed E-state index contributed by atoms with van der Waals surface area (Å²) in [5, 5.41) is 5.56.